The number of hydrogen-bond acceptors (Lipinski definition) is 5. The highest BCUT2D eigenvalue weighted by molar-refractivity contribution is 7.13. The van der Waals surface area contributed by atoms with Crippen molar-refractivity contribution in [2.45, 2.75) is 0 Å². The smallest absolute Gasteiger partial charge is 0.108 e. The first-order valence-electron chi connectivity index (χ1n) is 10.3. The summed E-state index contributed by atoms with van der Waals surface area (Å²) in [6, 6.07) is 29.6. The van der Waals surface area contributed by atoms with Crippen molar-refractivity contribution in [1.29, 1.82) is 0 Å². The number of nitrogens with zero attached hydrogens (tertiary/aromatic N) is 3. The standard InChI is InChI=1S/C27H17N3S2/c1-2-8-19(9-3-1)22-16-28-27(24-14-7-15-31-24)26(23-17-32-30-29-23)25(22)21-13-6-11-18-10-4-5-12-20(18)21/h1-17H. The molecular weight excluding hydrogens is 430 g/mol. The summed E-state index contributed by atoms with van der Waals surface area (Å²) in [4.78, 5) is 6.09. The van der Waals surface area contributed by atoms with E-state index in [2.05, 4.69) is 93.8 Å². The van der Waals surface area contributed by atoms with Gasteiger partial charge in [0.2, 0.25) is 0 Å². The minimum Gasteiger partial charge on any atom is -0.254 e. The lowest BCUT2D eigenvalue weighted by Crippen LogP contribution is -1.97. The van der Waals surface area contributed by atoms with Gasteiger partial charge in [0.15, 0.2) is 0 Å². The van der Waals surface area contributed by atoms with E-state index in [9.17, 15) is 0 Å². The summed E-state index contributed by atoms with van der Waals surface area (Å²) >= 11 is 3.05. The molecule has 0 amide bonds. The average molecular weight is 448 g/mol. The number of rotatable bonds is 4. The third kappa shape index (κ3) is 3.23. The largest absolute Gasteiger partial charge is 0.254 e. The van der Waals surface area contributed by atoms with Crippen molar-refractivity contribution in [2.24, 2.45) is 0 Å². The molecule has 0 radical (unpaired) electrons. The van der Waals surface area contributed by atoms with Crippen LogP contribution in [0.1, 0.15) is 0 Å². The fraction of sp³-hybridized carbons (Fsp3) is 0. The van der Waals surface area contributed by atoms with Crippen molar-refractivity contribution in [3.05, 3.63) is 102 Å². The van der Waals surface area contributed by atoms with E-state index < -0.39 is 0 Å². The highest BCUT2D eigenvalue weighted by atomic mass is 32.1. The first-order valence-corrected chi connectivity index (χ1v) is 12.0. The van der Waals surface area contributed by atoms with Gasteiger partial charge in [-0.25, -0.2) is 0 Å². The SMILES string of the molecule is c1ccc(-c2cnc(-c3cccs3)c(-c3csnn3)c2-c2cccc3ccccc23)cc1. The molecule has 0 atom stereocenters. The molecule has 0 unspecified atom stereocenters. The molecule has 0 saturated heterocycles. The highest BCUT2D eigenvalue weighted by Crippen LogP contribution is 2.46. The second-order valence-corrected chi connectivity index (χ2v) is 8.99. The molecule has 32 heavy (non-hydrogen) atoms. The van der Waals surface area contributed by atoms with Crippen molar-refractivity contribution in [1.82, 2.24) is 14.6 Å². The average Bonchev–Trinajstić information content (AvgIpc) is 3.58. The van der Waals surface area contributed by atoms with Crippen LogP contribution in [0.2, 0.25) is 0 Å². The Morgan fingerprint density at radius 3 is 2.34 bits per heavy atom. The first-order chi connectivity index (χ1) is 15.9. The van der Waals surface area contributed by atoms with E-state index in [1.54, 1.807) is 11.3 Å². The van der Waals surface area contributed by atoms with Crippen molar-refractivity contribution in [3.63, 3.8) is 0 Å². The van der Waals surface area contributed by atoms with Gasteiger partial charge in [-0.3, -0.25) is 4.98 Å². The summed E-state index contributed by atoms with van der Waals surface area (Å²) in [5, 5.41) is 11.0. The maximum Gasteiger partial charge on any atom is 0.108 e. The van der Waals surface area contributed by atoms with Crippen LogP contribution in [0.5, 0.6) is 0 Å². The van der Waals surface area contributed by atoms with Crippen molar-refractivity contribution in [2.75, 3.05) is 0 Å². The molecule has 5 heteroatoms. The van der Waals surface area contributed by atoms with E-state index in [-0.39, 0.29) is 0 Å². The maximum atomic E-state index is 4.97. The molecule has 3 aromatic heterocycles. The van der Waals surface area contributed by atoms with E-state index in [4.69, 9.17) is 4.98 Å². The van der Waals surface area contributed by atoms with Crippen LogP contribution in [0.25, 0.3) is 54.9 Å². The van der Waals surface area contributed by atoms with Crippen LogP contribution in [0.4, 0.5) is 0 Å². The van der Waals surface area contributed by atoms with Crippen LogP contribution in [-0.4, -0.2) is 14.6 Å². The lowest BCUT2D eigenvalue weighted by atomic mass is 9.87. The van der Waals surface area contributed by atoms with Crippen molar-refractivity contribution >= 4 is 33.6 Å². The topological polar surface area (TPSA) is 38.7 Å². The molecular formula is C27H17N3S2. The third-order valence-electron chi connectivity index (χ3n) is 5.59. The van der Waals surface area contributed by atoms with Crippen LogP contribution >= 0.6 is 22.9 Å². The lowest BCUT2D eigenvalue weighted by Gasteiger charge is -2.18. The zero-order valence-electron chi connectivity index (χ0n) is 17.0. The first kappa shape index (κ1) is 19.0. The number of aromatic nitrogens is 3. The Balaban J connectivity index is 1.79. The Morgan fingerprint density at radius 2 is 1.53 bits per heavy atom. The molecule has 0 fully saturated rings. The van der Waals surface area contributed by atoms with Crippen LogP contribution in [0.3, 0.4) is 0 Å². The van der Waals surface area contributed by atoms with Gasteiger partial charge < -0.3 is 0 Å². The summed E-state index contributed by atoms with van der Waals surface area (Å²) in [6.07, 6.45) is 2.00. The minimum atomic E-state index is 0.853. The predicted octanol–water partition coefficient (Wildman–Crippen LogP) is 7.82. The molecule has 6 rings (SSSR count). The second kappa shape index (κ2) is 8.11. The number of fused-ring (bicyclic) bond motifs is 1. The Labute approximate surface area is 193 Å². The number of benzene rings is 3. The van der Waals surface area contributed by atoms with Gasteiger partial charge in [0.1, 0.15) is 5.69 Å². The van der Waals surface area contributed by atoms with Crippen LogP contribution in [0, 0.1) is 0 Å². The predicted molar refractivity (Wildman–Crippen MR) is 135 cm³/mol. The summed E-state index contributed by atoms with van der Waals surface area (Å²) in [7, 11) is 0. The van der Waals surface area contributed by atoms with E-state index in [1.165, 1.54) is 27.9 Å². The van der Waals surface area contributed by atoms with Gasteiger partial charge in [-0.1, -0.05) is 83.4 Å². The van der Waals surface area contributed by atoms with Gasteiger partial charge in [-0.15, -0.1) is 16.4 Å². The van der Waals surface area contributed by atoms with Gasteiger partial charge in [-0.2, -0.15) is 0 Å². The molecule has 0 bridgehead atoms. The van der Waals surface area contributed by atoms with E-state index in [0.29, 0.717) is 0 Å². The number of thiophene rings is 1. The van der Waals surface area contributed by atoms with Gasteiger partial charge >= 0.3 is 0 Å². The molecule has 0 N–H and O–H groups in total. The van der Waals surface area contributed by atoms with Crippen molar-refractivity contribution < 1.29 is 0 Å². The zero-order valence-corrected chi connectivity index (χ0v) is 18.6. The third-order valence-corrected chi connectivity index (χ3v) is 6.97. The molecule has 3 nitrogen and oxygen atoms in total. The molecule has 0 aliphatic carbocycles. The normalized spacial score (nSPS) is 11.1. The molecule has 0 saturated carbocycles. The van der Waals surface area contributed by atoms with Crippen LogP contribution in [-0.2, 0) is 0 Å². The van der Waals surface area contributed by atoms with E-state index in [0.717, 1.165) is 38.5 Å². The molecule has 0 aliphatic rings. The Hall–Kier alpha value is -3.67. The molecule has 152 valence electrons. The molecule has 3 heterocycles. The summed E-state index contributed by atoms with van der Waals surface area (Å²) in [5.74, 6) is 0. The lowest BCUT2D eigenvalue weighted by molar-refractivity contribution is 1.16. The summed E-state index contributed by atoms with van der Waals surface area (Å²) in [6.45, 7) is 0. The van der Waals surface area contributed by atoms with Crippen LogP contribution in [0.15, 0.2) is 102 Å². The molecule has 3 aromatic carbocycles. The number of pyridine rings is 1. The Kier molecular flexibility index (Phi) is 4.83. The van der Waals surface area contributed by atoms with Crippen LogP contribution < -0.4 is 0 Å². The Bertz CT molecular complexity index is 1500. The summed E-state index contributed by atoms with van der Waals surface area (Å²) in [5.41, 5.74) is 7.35. The fourth-order valence-electron chi connectivity index (χ4n) is 4.19. The second-order valence-electron chi connectivity index (χ2n) is 7.43. The Morgan fingerprint density at radius 1 is 0.688 bits per heavy atom. The van der Waals surface area contributed by atoms with Crippen molar-refractivity contribution in [3.8, 4) is 44.1 Å². The highest BCUT2D eigenvalue weighted by Gasteiger charge is 2.23. The van der Waals surface area contributed by atoms with Gasteiger partial charge in [0, 0.05) is 28.3 Å². The van der Waals surface area contributed by atoms with Gasteiger partial charge in [0.25, 0.3) is 0 Å². The zero-order chi connectivity index (χ0) is 21.3. The number of hydrogen-bond donors (Lipinski definition) is 0. The monoisotopic (exact) mass is 447 g/mol. The quantitative estimate of drug-likeness (QED) is 0.276. The molecule has 6 aromatic rings. The van der Waals surface area contributed by atoms with E-state index >= 15 is 0 Å². The minimum absolute atomic E-state index is 0.853. The summed E-state index contributed by atoms with van der Waals surface area (Å²) < 4.78 is 4.19. The van der Waals surface area contributed by atoms with Gasteiger partial charge in [0.05, 0.1) is 10.6 Å². The molecule has 0 spiro atoms. The van der Waals surface area contributed by atoms with Gasteiger partial charge in [-0.05, 0) is 44.9 Å². The molecule has 0 aliphatic heterocycles. The maximum absolute atomic E-state index is 4.97. The fourth-order valence-corrected chi connectivity index (χ4v) is 5.37. The van der Waals surface area contributed by atoms with E-state index in [1.807, 2.05) is 17.6 Å².